The molecular formula is C23H29N3O6S. The first-order valence-corrected chi connectivity index (χ1v) is 12.6. The Morgan fingerprint density at radius 3 is 2.36 bits per heavy atom. The van der Waals surface area contributed by atoms with Crippen molar-refractivity contribution in [2.24, 2.45) is 0 Å². The van der Waals surface area contributed by atoms with Crippen LogP contribution >= 0.6 is 0 Å². The second-order valence-electron chi connectivity index (χ2n) is 8.30. The van der Waals surface area contributed by atoms with E-state index in [9.17, 15) is 13.2 Å². The molecule has 0 bridgehead atoms. The van der Waals surface area contributed by atoms with Gasteiger partial charge in [-0.3, -0.25) is 9.69 Å². The summed E-state index contributed by atoms with van der Waals surface area (Å²) < 4.78 is 40.8. The molecule has 2 aromatic rings. The Labute approximate surface area is 194 Å². The molecule has 0 saturated carbocycles. The summed E-state index contributed by atoms with van der Waals surface area (Å²) in [4.78, 5) is 16.7. The lowest BCUT2D eigenvalue weighted by Gasteiger charge is -2.34. The van der Waals surface area contributed by atoms with E-state index in [-0.39, 0.29) is 25.9 Å². The van der Waals surface area contributed by atoms with Crippen molar-refractivity contribution in [3.05, 3.63) is 53.6 Å². The van der Waals surface area contributed by atoms with E-state index in [4.69, 9.17) is 14.2 Å². The predicted molar refractivity (Wildman–Crippen MR) is 123 cm³/mol. The number of carbonyl (C=O) groups excluding carboxylic acids is 1. The Hall–Kier alpha value is -2.82. The fourth-order valence-electron chi connectivity index (χ4n) is 3.75. The van der Waals surface area contributed by atoms with Crippen LogP contribution in [-0.4, -0.2) is 81.3 Å². The molecule has 0 N–H and O–H groups in total. The Balaban J connectivity index is 1.20. The highest BCUT2D eigenvalue weighted by Gasteiger charge is 2.22. The standard InChI is InChI=1S/C23H29N3O6S/c1-24(33(2,28)29)14-18-3-6-20(7-4-18)30-16-23(27)26-11-9-25(10-12-26)15-19-5-8-21-22(13-19)32-17-31-21/h3-8,13H,9-12,14-17H2,1-2H3. The van der Waals surface area contributed by atoms with Gasteiger partial charge in [0.2, 0.25) is 16.8 Å². The highest BCUT2D eigenvalue weighted by molar-refractivity contribution is 7.88. The number of ether oxygens (including phenoxy) is 3. The molecule has 10 heteroatoms. The van der Waals surface area contributed by atoms with Gasteiger partial charge >= 0.3 is 0 Å². The van der Waals surface area contributed by atoms with Crippen molar-refractivity contribution in [3.8, 4) is 17.2 Å². The van der Waals surface area contributed by atoms with Gasteiger partial charge in [-0.1, -0.05) is 18.2 Å². The zero-order valence-corrected chi connectivity index (χ0v) is 19.7. The molecule has 0 radical (unpaired) electrons. The van der Waals surface area contributed by atoms with Gasteiger partial charge in [0.05, 0.1) is 6.26 Å². The zero-order chi connectivity index (χ0) is 23.4. The van der Waals surface area contributed by atoms with Crippen LogP contribution in [0.25, 0.3) is 0 Å². The van der Waals surface area contributed by atoms with E-state index < -0.39 is 10.0 Å². The maximum absolute atomic E-state index is 12.6. The molecular weight excluding hydrogens is 446 g/mol. The number of fused-ring (bicyclic) bond motifs is 1. The maximum Gasteiger partial charge on any atom is 0.260 e. The second-order valence-corrected chi connectivity index (χ2v) is 10.4. The minimum absolute atomic E-state index is 0.0231. The van der Waals surface area contributed by atoms with Gasteiger partial charge in [0.15, 0.2) is 18.1 Å². The largest absolute Gasteiger partial charge is 0.484 e. The van der Waals surface area contributed by atoms with Crippen molar-refractivity contribution in [3.63, 3.8) is 0 Å². The van der Waals surface area contributed by atoms with E-state index in [0.29, 0.717) is 18.8 Å². The number of hydrogen-bond donors (Lipinski definition) is 0. The Bertz CT molecular complexity index is 1080. The van der Waals surface area contributed by atoms with Crippen LogP contribution in [0, 0.1) is 0 Å². The minimum Gasteiger partial charge on any atom is -0.484 e. The lowest BCUT2D eigenvalue weighted by molar-refractivity contribution is -0.135. The third-order valence-corrected chi connectivity index (χ3v) is 7.09. The fourth-order valence-corrected chi connectivity index (χ4v) is 4.14. The van der Waals surface area contributed by atoms with Crippen LogP contribution in [0.5, 0.6) is 17.2 Å². The first kappa shape index (κ1) is 23.3. The molecule has 33 heavy (non-hydrogen) atoms. The lowest BCUT2D eigenvalue weighted by Crippen LogP contribution is -2.49. The smallest absolute Gasteiger partial charge is 0.260 e. The van der Waals surface area contributed by atoms with Crippen LogP contribution in [0.2, 0.25) is 0 Å². The number of benzene rings is 2. The number of carbonyl (C=O) groups is 1. The topological polar surface area (TPSA) is 88.6 Å². The summed E-state index contributed by atoms with van der Waals surface area (Å²) in [5, 5.41) is 0. The molecule has 1 saturated heterocycles. The van der Waals surface area contributed by atoms with Gasteiger partial charge in [-0.05, 0) is 35.4 Å². The molecule has 2 heterocycles. The fraction of sp³-hybridized carbons (Fsp3) is 0.435. The van der Waals surface area contributed by atoms with Crippen LogP contribution in [0.1, 0.15) is 11.1 Å². The SMILES string of the molecule is CN(Cc1ccc(OCC(=O)N2CCN(Cc3ccc4c(c3)OCO4)CC2)cc1)S(C)(=O)=O. The first-order valence-electron chi connectivity index (χ1n) is 10.8. The summed E-state index contributed by atoms with van der Waals surface area (Å²) in [7, 11) is -1.70. The molecule has 9 nitrogen and oxygen atoms in total. The van der Waals surface area contributed by atoms with E-state index in [1.54, 1.807) is 24.3 Å². The van der Waals surface area contributed by atoms with Gasteiger partial charge in [0.25, 0.3) is 5.91 Å². The molecule has 1 fully saturated rings. The molecule has 0 aliphatic carbocycles. The zero-order valence-electron chi connectivity index (χ0n) is 18.9. The molecule has 2 aliphatic heterocycles. The van der Waals surface area contributed by atoms with Crippen LogP contribution in [-0.2, 0) is 27.9 Å². The highest BCUT2D eigenvalue weighted by Crippen LogP contribution is 2.32. The van der Waals surface area contributed by atoms with E-state index in [2.05, 4.69) is 4.90 Å². The molecule has 2 aromatic carbocycles. The molecule has 4 rings (SSSR count). The average molecular weight is 476 g/mol. The third-order valence-electron chi connectivity index (χ3n) is 5.83. The molecule has 0 unspecified atom stereocenters. The number of nitrogens with zero attached hydrogens (tertiary/aromatic N) is 3. The predicted octanol–water partition coefficient (Wildman–Crippen LogP) is 1.53. The molecule has 1 amide bonds. The van der Waals surface area contributed by atoms with Crippen LogP contribution in [0.4, 0.5) is 0 Å². The molecule has 178 valence electrons. The van der Waals surface area contributed by atoms with E-state index in [1.165, 1.54) is 17.6 Å². The summed E-state index contributed by atoms with van der Waals surface area (Å²) >= 11 is 0. The Morgan fingerprint density at radius 1 is 1.00 bits per heavy atom. The van der Waals surface area contributed by atoms with Crippen molar-refractivity contribution in [1.82, 2.24) is 14.1 Å². The second kappa shape index (κ2) is 9.98. The van der Waals surface area contributed by atoms with Gasteiger partial charge in [0.1, 0.15) is 5.75 Å². The monoisotopic (exact) mass is 475 g/mol. The van der Waals surface area contributed by atoms with Crippen LogP contribution in [0.3, 0.4) is 0 Å². The summed E-state index contributed by atoms with van der Waals surface area (Å²) in [6.45, 7) is 4.24. The van der Waals surface area contributed by atoms with Crippen molar-refractivity contribution >= 4 is 15.9 Å². The van der Waals surface area contributed by atoms with Crippen molar-refractivity contribution in [2.45, 2.75) is 13.1 Å². The summed E-state index contributed by atoms with van der Waals surface area (Å²) in [5.74, 6) is 2.10. The van der Waals surface area contributed by atoms with Crippen molar-refractivity contribution in [2.75, 3.05) is 52.9 Å². The third kappa shape index (κ3) is 6.16. The lowest BCUT2D eigenvalue weighted by atomic mass is 10.1. The van der Waals surface area contributed by atoms with Crippen LogP contribution < -0.4 is 14.2 Å². The molecule has 0 spiro atoms. The Kier molecular flexibility index (Phi) is 7.06. The number of rotatable bonds is 8. The number of piperazine rings is 1. The molecule has 0 aromatic heterocycles. The van der Waals surface area contributed by atoms with E-state index in [0.717, 1.165) is 42.3 Å². The number of amides is 1. The van der Waals surface area contributed by atoms with Gasteiger partial charge < -0.3 is 19.1 Å². The van der Waals surface area contributed by atoms with Gasteiger partial charge in [-0.2, -0.15) is 0 Å². The van der Waals surface area contributed by atoms with Crippen molar-refractivity contribution in [1.29, 1.82) is 0 Å². The van der Waals surface area contributed by atoms with Gasteiger partial charge in [-0.25, -0.2) is 12.7 Å². The van der Waals surface area contributed by atoms with Crippen LogP contribution in [0.15, 0.2) is 42.5 Å². The Morgan fingerprint density at radius 2 is 1.67 bits per heavy atom. The molecule has 2 aliphatic rings. The normalized spacial score (nSPS) is 16.3. The number of hydrogen-bond acceptors (Lipinski definition) is 7. The van der Waals surface area contributed by atoms with Crippen molar-refractivity contribution < 1.29 is 27.4 Å². The first-order chi connectivity index (χ1) is 15.8. The minimum atomic E-state index is -3.23. The summed E-state index contributed by atoms with van der Waals surface area (Å²) in [6, 6.07) is 13.1. The molecule has 0 atom stereocenters. The van der Waals surface area contributed by atoms with E-state index in [1.807, 2.05) is 23.1 Å². The maximum atomic E-state index is 12.6. The van der Waals surface area contributed by atoms with Gasteiger partial charge in [-0.15, -0.1) is 0 Å². The summed E-state index contributed by atoms with van der Waals surface area (Å²) in [6.07, 6.45) is 1.17. The summed E-state index contributed by atoms with van der Waals surface area (Å²) in [5.41, 5.74) is 2.01. The quantitative estimate of drug-likeness (QED) is 0.572. The highest BCUT2D eigenvalue weighted by atomic mass is 32.2. The van der Waals surface area contributed by atoms with Gasteiger partial charge in [0, 0.05) is 46.3 Å². The average Bonchev–Trinajstić information content (AvgIpc) is 3.26. The van der Waals surface area contributed by atoms with E-state index >= 15 is 0 Å². The number of sulfonamides is 1.